The first-order valence-corrected chi connectivity index (χ1v) is 4.74. The number of nitrogens with zero attached hydrogens (tertiary/aromatic N) is 3. The Morgan fingerprint density at radius 2 is 2.00 bits per heavy atom. The molecule has 0 bridgehead atoms. The van der Waals surface area contributed by atoms with Crippen molar-refractivity contribution in [2.75, 3.05) is 0 Å². The smallest absolute Gasteiger partial charge is 0.129 e. The van der Waals surface area contributed by atoms with Crippen molar-refractivity contribution < 1.29 is 0 Å². The third-order valence-electron chi connectivity index (χ3n) is 1.78. The fraction of sp³-hybridized carbons (Fsp3) is 0.0909. The lowest BCUT2D eigenvalue weighted by Crippen LogP contribution is -1.84. The highest BCUT2D eigenvalue weighted by molar-refractivity contribution is 6.29. The number of aromatic nitrogens is 3. The first-order valence-electron chi connectivity index (χ1n) is 4.36. The molecular weight excluding hydrogens is 210 g/mol. The summed E-state index contributed by atoms with van der Waals surface area (Å²) in [6, 6.07) is 3.55. The molecule has 0 atom stereocenters. The van der Waals surface area contributed by atoms with E-state index in [1.165, 1.54) is 0 Å². The Kier molecular flexibility index (Phi) is 2.70. The van der Waals surface area contributed by atoms with E-state index in [0.717, 1.165) is 11.1 Å². The van der Waals surface area contributed by atoms with Crippen molar-refractivity contribution in [3.63, 3.8) is 0 Å². The Morgan fingerprint density at radius 1 is 1.20 bits per heavy atom. The maximum absolute atomic E-state index is 5.66. The molecule has 0 aromatic carbocycles. The first-order chi connectivity index (χ1) is 7.24. The van der Waals surface area contributed by atoms with E-state index in [1.807, 2.05) is 19.3 Å². The van der Waals surface area contributed by atoms with Gasteiger partial charge in [-0.1, -0.05) is 23.4 Å². The molecule has 0 N–H and O–H groups in total. The topological polar surface area (TPSA) is 30.7 Å². The minimum absolute atomic E-state index is 0.474. The molecule has 15 heavy (non-hydrogen) atoms. The van der Waals surface area contributed by atoms with Crippen LogP contribution in [0.15, 0.2) is 30.7 Å². The number of pyridine rings is 1. The molecule has 3 nitrogen and oxygen atoms in total. The molecule has 0 radical (unpaired) electrons. The number of hydrogen-bond acceptors (Lipinski definition) is 2. The predicted molar refractivity (Wildman–Crippen MR) is 58.4 cm³/mol. The molecule has 0 unspecified atom stereocenters. The Labute approximate surface area is 92.7 Å². The maximum atomic E-state index is 5.66. The van der Waals surface area contributed by atoms with Gasteiger partial charge in [0.1, 0.15) is 5.15 Å². The second-order valence-electron chi connectivity index (χ2n) is 3.02. The number of halogens is 1. The summed E-state index contributed by atoms with van der Waals surface area (Å²) < 4.78 is 1.71. The van der Waals surface area contributed by atoms with Gasteiger partial charge >= 0.3 is 0 Å². The van der Waals surface area contributed by atoms with E-state index < -0.39 is 0 Å². The van der Waals surface area contributed by atoms with Crippen LogP contribution >= 0.6 is 11.6 Å². The zero-order chi connectivity index (χ0) is 10.7. The lowest BCUT2D eigenvalue weighted by atomic mass is 10.2. The predicted octanol–water partition coefficient (Wildman–Crippen LogP) is 1.87. The van der Waals surface area contributed by atoms with Crippen LogP contribution in [-0.2, 0) is 7.05 Å². The van der Waals surface area contributed by atoms with Crippen molar-refractivity contribution in [3.05, 3.63) is 47.0 Å². The molecule has 0 aliphatic heterocycles. The van der Waals surface area contributed by atoms with Gasteiger partial charge in [0.2, 0.25) is 0 Å². The summed E-state index contributed by atoms with van der Waals surface area (Å²) in [4.78, 5) is 3.94. The highest BCUT2D eigenvalue weighted by Crippen LogP contribution is 2.04. The average Bonchev–Trinajstić information content (AvgIpc) is 2.64. The summed E-state index contributed by atoms with van der Waals surface area (Å²) >= 11 is 5.66. The summed E-state index contributed by atoms with van der Waals surface area (Å²) in [5, 5.41) is 4.49. The standard InChI is InChI=1S/C11H8ClN3/c1-15-8-10(7-14-15)3-2-9-4-5-11(12)13-6-9/h4-8H,1H3. The normalized spacial score (nSPS) is 9.47. The van der Waals surface area contributed by atoms with E-state index in [0.29, 0.717) is 5.15 Å². The Morgan fingerprint density at radius 3 is 2.60 bits per heavy atom. The lowest BCUT2D eigenvalue weighted by molar-refractivity contribution is 0.767. The quantitative estimate of drug-likeness (QED) is 0.498. The van der Waals surface area contributed by atoms with E-state index >= 15 is 0 Å². The molecule has 4 heteroatoms. The van der Waals surface area contributed by atoms with Crippen LogP contribution in [0.2, 0.25) is 5.15 Å². The zero-order valence-corrected chi connectivity index (χ0v) is 8.86. The number of hydrogen-bond donors (Lipinski definition) is 0. The molecule has 0 aliphatic carbocycles. The van der Waals surface area contributed by atoms with Gasteiger partial charge in [-0.15, -0.1) is 0 Å². The van der Waals surface area contributed by atoms with Gasteiger partial charge in [0.25, 0.3) is 0 Å². The van der Waals surface area contributed by atoms with Crippen molar-refractivity contribution in [3.8, 4) is 11.8 Å². The fourth-order valence-electron chi connectivity index (χ4n) is 1.08. The minimum atomic E-state index is 0.474. The van der Waals surface area contributed by atoms with Crippen molar-refractivity contribution in [2.45, 2.75) is 0 Å². The highest BCUT2D eigenvalue weighted by Gasteiger charge is 1.91. The van der Waals surface area contributed by atoms with Gasteiger partial charge < -0.3 is 0 Å². The van der Waals surface area contributed by atoms with Crippen LogP contribution in [-0.4, -0.2) is 14.8 Å². The monoisotopic (exact) mass is 217 g/mol. The Bertz CT molecular complexity index is 517. The van der Waals surface area contributed by atoms with Gasteiger partial charge in [-0.25, -0.2) is 4.98 Å². The molecular formula is C11H8ClN3. The van der Waals surface area contributed by atoms with E-state index in [-0.39, 0.29) is 0 Å². The first kappa shape index (κ1) is 9.75. The van der Waals surface area contributed by atoms with Gasteiger partial charge in [0.15, 0.2) is 0 Å². The van der Waals surface area contributed by atoms with Crippen LogP contribution in [0, 0.1) is 11.8 Å². The van der Waals surface area contributed by atoms with Crippen LogP contribution in [0.4, 0.5) is 0 Å². The molecule has 2 aromatic rings. The molecule has 74 valence electrons. The van der Waals surface area contributed by atoms with E-state index in [9.17, 15) is 0 Å². The summed E-state index contributed by atoms with van der Waals surface area (Å²) in [6.45, 7) is 0. The van der Waals surface area contributed by atoms with Crippen molar-refractivity contribution in [2.24, 2.45) is 7.05 Å². The van der Waals surface area contributed by atoms with Crippen LogP contribution in [0.3, 0.4) is 0 Å². The van der Waals surface area contributed by atoms with E-state index in [1.54, 1.807) is 23.1 Å². The third kappa shape index (κ3) is 2.58. The van der Waals surface area contributed by atoms with Gasteiger partial charge in [0.05, 0.1) is 11.8 Å². The maximum Gasteiger partial charge on any atom is 0.129 e. The lowest BCUT2D eigenvalue weighted by Gasteiger charge is -1.88. The van der Waals surface area contributed by atoms with E-state index in [2.05, 4.69) is 21.9 Å². The molecule has 0 spiro atoms. The highest BCUT2D eigenvalue weighted by atomic mass is 35.5. The van der Waals surface area contributed by atoms with E-state index in [4.69, 9.17) is 11.6 Å². The largest absolute Gasteiger partial charge is 0.275 e. The fourth-order valence-corrected chi connectivity index (χ4v) is 1.19. The molecule has 2 rings (SSSR count). The Balaban J connectivity index is 2.22. The van der Waals surface area contributed by atoms with Crippen LogP contribution in [0.25, 0.3) is 0 Å². The van der Waals surface area contributed by atoms with Crippen LogP contribution < -0.4 is 0 Å². The summed E-state index contributed by atoms with van der Waals surface area (Å²) in [5.41, 5.74) is 1.72. The average molecular weight is 218 g/mol. The molecule has 0 saturated carbocycles. The zero-order valence-electron chi connectivity index (χ0n) is 8.11. The van der Waals surface area contributed by atoms with Crippen molar-refractivity contribution in [1.82, 2.24) is 14.8 Å². The second-order valence-corrected chi connectivity index (χ2v) is 3.41. The SMILES string of the molecule is Cn1cc(C#Cc2ccc(Cl)nc2)cn1. The van der Waals surface area contributed by atoms with Crippen LogP contribution in [0.5, 0.6) is 0 Å². The van der Waals surface area contributed by atoms with Crippen molar-refractivity contribution in [1.29, 1.82) is 0 Å². The number of rotatable bonds is 0. The van der Waals surface area contributed by atoms with Gasteiger partial charge in [0, 0.05) is 25.0 Å². The molecule has 0 fully saturated rings. The van der Waals surface area contributed by atoms with Gasteiger partial charge in [-0.05, 0) is 12.1 Å². The Hall–Kier alpha value is -1.79. The molecule has 0 aliphatic rings. The molecule has 0 saturated heterocycles. The summed E-state index contributed by atoms with van der Waals surface area (Å²) in [6.07, 6.45) is 5.22. The second kappa shape index (κ2) is 4.16. The van der Waals surface area contributed by atoms with Crippen LogP contribution in [0.1, 0.15) is 11.1 Å². The van der Waals surface area contributed by atoms with Crippen molar-refractivity contribution >= 4 is 11.6 Å². The van der Waals surface area contributed by atoms with Gasteiger partial charge in [-0.3, -0.25) is 4.68 Å². The minimum Gasteiger partial charge on any atom is -0.275 e. The van der Waals surface area contributed by atoms with Gasteiger partial charge in [-0.2, -0.15) is 5.10 Å². The summed E-state index contributed by atoms with van der Waals surface area (Å²) in [7, 11) is 1.86. The number of aryl methyl sites for hydroxylation is 1. The molecule has 2 heterocycles. The molecule has 0 amide bonds. The summed E-state index contributed by atoms with van der Waals surface area (Å²) in [5.74, 6) is 5.96. The molecule has 2 aromatic heterocycles. The third-order valence-corrected chi connectivity index (χ3v) is 2.01.